The first kappa shape index (κ1) is 16.0. The number of aromatic nitrogens is 2. The van der Waals surface area contributed by atoms with Crippen molar-refractivity contribution in [2.75, 3.05) is 37.7 Å². The van der Waals surface area contributed by atoms with E-state index in [-0.39, 0.29) is 0 Å². The highest BCUT2D eigenvalue weighted by molar-refractivity contribution is 5.41. The van der Waals surface area contributed by atoms with Gasteiger partial charge >= 0.3 is 0 Å². The number of nitrogens with one attached hydrogen (secondary N) is 1. The molecule has 0 aromatic carbocycles. The van der Waals surface area contributed by atoms with Gasteiger partial charge in [-0.15, -0.1) is 0 Å². The predicted octanol–water partition coefficient (Wildman–Crippen LogP) is 2.34. The molecule has 118 valence electrons. The van der Waals surface area contributed by atoms with Crippen molar-refractivity contribution in [3.8, 4) is 5.88 Å². The van der Waals surface area contributed by atoms with Crippen LogP contribution in [0.5, 0.6) is 5.88 Å². The van der Waals surface area contributed by atoms with Crippen LogP contribution in [0.2, 0.25) is 0 Å². The van der Waals surface area contributed by atoms with Gasteiger partial charge in [-0.1, -0.05) is 13.8 Å². The van der Waals surface area contributed by atoms with E-state index in [1.807, 2.05) is 13.0 Å². The Balaban J connectivity index is 1.79. The Hall–Kier alpha value is -1.36. The monoisotopic (exact) mass is 292 g/mol. The molecule has 0 saturated carbocycles. The van der Waals surface area contributed by atoms with Crippen LogP contribution in [-0.4, -0.2) is 42.8 Å². The number of piperidine rings is 1. The third kappa shape index (κ3) is 5.16. The maximum atomic E-state index is 5.45. The topological polar surface area (TPSA) is 50.3 Å². The van der Waals surface area contributed by atoms with Gasteiger partial charge in [0, 0.05) is 19.2 Å². The van der Waals surface area contributed by atoms with Crippen LogP contribution >= 0.6 is 0 Å². The summed E-state index contributed by atoms with van der Waals surface area (Å²) in [7, 11) is 0. The molecular formula is C16H28N4O. The maximum absolute atomic E-state index is 5.45. The van der Waals surface area contributed by atoms with Crippen LogP contribution in [0.3, 0.4) is 0 Å². The van der Waals surface area contributed by atoms with Crippen molar-refractivity contribution in [2.24, 2.45) is 11.8 Å². The summed E-state index contributed by atoms with van der Waals surface area (Å²) in [5.41, 5.74) is 0. The Morgan fingerprint density at radius 2 is 2.10 bits per heavy atom. The van der Waals surface area contributed by atoms with E-state index in [1.54, 1.807) is 6.33 Å². The van der Waals surface area contributed by atoms with Crippen molar-refractivity contribution in [3.05, 3.63) is 12.4 Å². The lowest BCUT2D eigenvalue weighted by molar-refractivity contribution is 0.325. The van der Waals surface area contributed by atoms with E-state index < -0.39 is 0 Å². The summed E-state index contributed by atoms with van der Waals surface area (Å²) < 4.78 is 5.45. The molecule has 5 nitrogen and oxygen atoms in total. The largest absolute Gasteiger partial charge is 0.478 e. The number of hydrogen-bond acceptors (Lipinski definition) is 5. The van der Waals surface area contributed by atoms with E-state index in [9.17, 15) is 0 Å². The second-order valence-corrected chi connectivity index (χ2v) is 6.13. The first-order chi connectivity index (χ1) is 10.2. The summed E-state index contributed by atoms with van der Waals surface area (Å²) in [5, 5.41) is 3.57. The highest BCUT2D eigenvalue weighted by atomic mass is 16.5. The van der Waals surface area contributed by atoms with Crippen molar-refractivity contribution < 1.29 is 4.74 Å². The lowest BCUT2D eigenvalue weighted by Gasteiger charge is -2.33. The van der Waals surface area contributed by atoms with E-state index in [0.29, 0.717) is 12.5 Å². The highest BCUT2D eigenvalue weighted by Crippen LogP contribution is 2.23. The van der Waals surface area contributed by atoms with Crippen molar-refractivity contribution >= 4 is 5.82 Å². The second kappa shape index (κ2) is 8.17. The molecule has 2 heterocycles. The zero-order valence-corrected chi connectivity index (χ0v) is 13.5. The zero-order valence-electron chi connectivity index (χ0n) is 13.5. The Morgan fingerprint density at radius 3 is 2.76 bits per heavy atom. The predicted molar refractivity (Wildman–Crippen MR) is 85.8 cm³/mol. The second-order valence-electron chi connectivity index (χ2n) is 6.13. The van der Waals surface area contributed by atoms with Gasteiger partial charge in [0.05, 0.1) is 6.61 Å². The van der Waals surface area contributed by atoms with Crippen molar-refractivity contribution in [1.29, 1.82) is 0 Å². The Bertz CT molecular complexity index is 416. The Kier molecular flexibility index (Phi) is 6.23. The lowest BCUT2D eigenvalue weighted by Crippen LogP contribution is -2.38. The minimum absolute atomic E-state index is 0.639. The van der Waals surface area contributed by atoms with Crippen LogP contribution < -0.4 is 15.0 Å². The van der Waals surface area contributed by atoms with Crippen LogP contribution in [0, 0.1) is 11.8 Å². The smallest absolute Gasteiger partial charge is 0.218 e. The van der Waals surface area contributed by atoms with Crippen molar-refractivity contribution in [1.82, 2.24) is 15.3 Å². The summed E-state index contributed by atoms with van der Waals surface area (Å²) in [6.45, 7) is 11.5. The SMILES string of the molecule is CCOc1cc(N2CCC(CNCC(C)C)CC2)ncn1. The van der Waals surface area contributed by atoms with E-state index >= 15 is 0 Å². The van der Waals surface area contributed by atoms with Crippen molar-refractivity contribution in [2.45, 2.75) is 33.6 Å². The summed E-state index contributed by atoms with van der Waals surface area (Å²) in [5.74, 6) is 3.17. The average Bonchev–Trinajstić information content (AvgIpc) is 2.48. The molecule has 1 aliphatic rings. The fourth-order valence-corrected chi connectivity index (χ4v) is 2.67. The van der Waals surface area contributed by atoms with Gasteiger partial charge in [0.15, 0.2) is 0 Å². The maximum Gasteiger partial charge on any atom is 0.218 e. The zero-order chi connectivity index (χ0) is 15.1. The number of anilines is 1. The van der Waals surface area contributed by atoms with Gasteiger partial charge in [-0.3, -0.25) is 0 Å². The van der Waals surface area contributed by atoms with Crippen LogP contribution in [0.4, 0.5) is 5.82 Å². The molecule has 0 aliphatic carbocycles. The first-order valence-corrected chi connectivity index (χ1v) is 8.09. The van der Waals surface area contributed by atoms with E-state index in [0.717, 1.165) is 43.8 Å². The fourth-order valence-electron chi connectivity index (χ4n) is 2.67. The number of rotatable bonds is 7. The molecule has 0 atom stereocenters. The number of ether oxygens (including phenoxy) is 1. The molecule has 2 rings (SSSR count). The number of nitrogens with zero attached hydrogens (tertiary/aromatic N) is 3. The minimum Gasteiger partial charge on any atom is -0.478 e. The Morgan fingerprint density at radius 1 is 1.33 bits per heavy atom. The molecule has 1 aromatic heterocycles. The van der Waals surface area contributed by atoms with Crippen LogP contribution in [-0.2, 0) is 0 Å². The van der Waals surface area contributed by atoms with E-state index in [1.165, 1.54) is 12.8 Å². The Labute approximate surface area is 128 Å². The van der Waals surface area contributed by atoms with Crippen LogP contribution in [0.15, 0.2) is 12.4 Å². The summed E-state index contributed by atoms with van der Waals surface area (Å²) in [6, 6.07) is 1.95. The van der Waals surface area contributed by atoms with Crippen LogP contribution in [0.1, 0.15) is 33.6 Å². The first-order valence-electron chi connectivity index (χ1n) is 8.09. The number of hydrogen-bond donors (Lipinski definition) is 1. The van der Waals surface area contributed by atoms with E-state index in [4.69, 9.17) is 4.74 Å². The van der Waals surface area contributed by atoms with Gasteiger partial charge in [0.1, 0.15) is 12.1 Å². The van der Waals surface area contributed by atoms with Gasteiger partial charge in [-0.05, 0) is 44.7 Å². The van der Waals surface area contributed by atoms with Gasteiger partial charge in [-0.2, -0.15) is 0 Å². The molecule has 0 radical (unpaired) electrons. The quantitative estimate of drug-likeness (QED) is 0.836. The van der Waals surface area contributed by atoms with Gasteiger partial charge in [0.25, 0.3) is 0 Å². The molecule has 1 fully saturated rings. The summed E-state index contributed by atoms with van der Waals surface area (Å²) in [4.78, 5) is 10.8. The van der Waals surface area contributed by atoms with E-state index in [2.05, 4.69) is 34.0 Å². The molecule has 0 unspecified atom stereocenters. The third-order valence-electron chi connectivity index (χ3n) is 3.84. The molecule has 1 aliphatic heterocycles. The molecule has 5 heteroatoms. The van der Waals surface area contributed by atoms with Crippen molar-refractivity contribution in [3.63, 3.8) is 0 Å². The normalized spacial score (nSPS) is 16.5. The molecule has 1 aromatic rings. The van der Waals surface area contributed by atoms with Gasteiger partial charge < -0.3 is 15.0 Å². The standard InChI is InChI=1S/C16H28N4O/c1-4-21-16-9-15(18-12-19-16)20-7-5-14(6-8-20)11-17-10-13(2)3/h9,12-14,17H,4-8,10-11H2,1-3H3. The highest BCUT2D eigenvalue weighted by Gasteiger charge is 2.20. The molecule has 1 N–H and O–H groups in total. The summed E-state index contributed by atoms with van der Waals surface area (Å²) in [6.07, 6.45) is 4.04. The molecule has 0 amide bonds. The molecule has 0 spiro atoms. The third-order valence-corrected chi connectivity index (χ3v) is 3.84. The molecule has 0 bridgehead atoms. The van der Waals surface area contributed by atoms with Gasteiger partial charge in [-0.25, -0.2) is 9.97 Å². The fraction of sp³-hybridized carbons (Fsp3) is 0.750. The summed E-state index contributed by atoms with van der Waals surface area (Å²) >= 11 is 0. The van der Waals surface area contributed by atoms with Crippen LogP contribution in [0.25, 0.3) is 0 Å². The molecular weight excluding hydrogens is 264 g/mol. The lowest BCUT2D eigenvalue weighted by atomic mass is 9.96. The molecule has 21 heavy (non-hydrogen) atoms. The minimum atomic E-state index is 0.639. The van der Waals surface area contributed by atoms with Gasteiger partial charge in [0.2, 0.25) is 5.88 Å². The average molecular weight is 292 g/mol. The molecule has 1 saturated heterocycles.